The second-order valence-corrected chi connectivity index (χ2v) is 7.82. The Hall–Kier alpha value is -2.93. The normalized spacial score (nSPS) is 10.8. The summed E-state index contributed by atoms with van der Waals surface area (Å²) in [6, 6.07) is 13.1. The molecule has 3 aromatic rings. The van der Waals surface area contributed by atoms with Gasteiger partial charge in [-0.1, -0.05) is 30.0 Å². The van der Waals surface area contributed by atoms with Crippen LogP contribution in [0.3, 0.4) is 0 Å². The summed E-state index contributed by atoms with van der Waals surface area (Å²) in [4.78, 5) is 27.5. The van der Waals surface area contributed by atoms with E-state index in [1.807, 2.05) is 32.0 Å². The van der Waals surface area contributed by atoms with Crippen molar-refractivity contribution in [3.8, 4) is 0 Å². The minimum absolute atomic E-state index is 0.102. The zero-order valence-corrected chi connectivity index (χ0v) is 18.2. The maximum atomic E-state index is 13.1. The SMILES string of the molecule is CCOC(=O)CCN(Cc1ccco1)C(=O)c1ccc(Sc2c(C)cccc2C)o1. The van der Waals surface area contributed by atoms with Crippen LogP contribution in [-0.2, 0) is 16.1 Å². The molecule has 0 unspecified atom stereocenters. The van der Waals surface area contributed by atoms with Crippen LogP contribution < -0.4 is 0 Å². The highest BCUT2D eigenvalue weighted by molar-refractivity contribution is 7.99. The summed E-state index contributed by atoms with van der Waals surface area (Å²) in [5, 5.41) is 0.638. The molecule has 2 aromatic heterocycles. The average Bonchev–Trinajstić information content (AvgIpc) is 3.40. The minimum Gasteiger partial charge on any atom is -0.467 e. The Labute approximate surface area is 180 Å². The summed E-state index contributed by atoms with van der Waals surface area (Å²) >= 11 is 1.49. The summed E-state index contributed by atoms with van der Waals surface area (Å²) in [7, 11) is 0. The van der Waals surface area contributed by atoms with Crippen molar-refractivity contribution in [2.75, 3.05) is 13.2 Å². The predicted molar refractivity (Wildman–Crippen MR) is 113 cm³/mol. The summed E-state index contributed by atoms with van der Waals surface area (Å²) in [5.74, 6) is 0.201. The number of esters is 1. The number of aryl methyl sites for hydroxylation is 2. The molecule has 30 heavy (non-hydrogen) atoms. The van der Waals surface area contributed by atoms with Gasteiger partial charge in [-0.3, -0.25) is 9.59 Å². The van der Waals surface area contributed by atoms with Gasteiger partial charge < -0.3 is 18.5 Å². The van der Waals surface area contributed by atoms with Crippen molar-refractivity contribution in [1.29, 1.82) is 0 Å². The molecule has 0 N–H and O–H groups in total. The van der Waals surface area contributed by atoms with Crippen LogP contribution in [0.5, 0.6) is 0 Å². The Morgan fingerprint density at radius 1 is 1.07 bits per heavy atom. The van der Waals surface area contributed by atoms with Gasteiger partial charge >= 0.3 is 5.97 Å². The minimum atomic E-state index is -0.347. The molecule has 158 valence electrons. The molecule has 0 bridgehead atoms. The number of hydrogen-bond donors (Lipinski definition) is 0. The number of benzene rings is 1. The lowest BCUT2D eigenvalue weighted by molar-refractivity contribution is -0.143. The van der Waals surface area contributed by atoms with Crippen LogP contribution in [-0.4, -0.2) is 29.9 Å². The molecule has 0 aliphatic heterocycles. The van der Waals surface area contributed by atoms with E-state index in [1.165, 1.54) is 16.7 Å². The number of carbonyl (C=O) groups excluding carboxylic acids is 2. The van der Waals surface area contributed by atoms with Crippen molar-refractivity contribution in [2.24, 2.45) is 0 Å². The smallest absolute Gasteiger partial charge is 0.307 e. The van der Waals surface area contributed by atoms with E-state index in [4.69, 9.17) is 13.6 Å². The molecule has 7 heteroatoms. The van der Waals surface area contributed by atoms with Gasteiger partial charge in [0.25, 0.3) is 5.91 Å². The summed E-state index contributed by atoms with van der Waals surface area (Å²) in [6.45, 7) is 6.60. The van der Waals surface area contributed by atoms with Gasteiger partial charge in [0.15, 0.2) is 10.9 Å². The van der Waals surface area contributed by atoms with Crippen molar-refractivity contribution >= 4 is 23.6 Å². The summed E-state index contributed by atoms with van der Waals surface area (Å²) in [6.07, 6.45) is 1.65. The Kier molecular flexibility index (Phi) is 7.41. The van der Waals surface area contributed by atoms with Gasteiger partial charge in [-0.15, -0.1) is 0 Å². The van der Waals surface area contributed by atoms with Gasteiger partial charge in [0, 0.05) is 11.4 Å². The number of carbonyl (C=O) groups is 2. The van der Waals surface area contributed by atoms with Crippen molar-refractivity contribution in [3.63, 3.8) is 0 Å². The maximum absolute atomic E-state index is 13.1. The summed E-state index contributed by atoms with van der Waals surface area (Å²) < 4.78 is 16.2. The third-order valence-electron chi connectivity index (χ3n) is 4.51. The Morgan fingerprint density at radius 2 is 1.83 bits per heavy atom. The lowest BCUT2D eigenvalue weighted by Crippen LogP contribution is -2.32. The number of hydrogen-bond acceptors (Lipinski definition) is 6. The first kappa shape index (κ1) is 21.8. The molecule has 6 nitrogen and oxygen atoms in total. The average molecular weight is 428 g/mol. The molecule has 0 spiro atoms. The molecule has 0 saturated carbocycles. The molecule has 0 fully saturated rings. The highest BCUT2D eigenvalue weighted by Gasteiger charge is 2.22. The fourth-order valence-electron chi connectivity index (χ4n) is 3.01. The van der Waals surface area contributed by atoms with Crippen LogP contribution in [0.1, 0.15) is 40.8 Å². The van der Waals surface area contributed by atoms with Gasteiger partial charge in [-0.2, -0.15) is 0 Å². The van der Waals surface area contributed by atoms with Gasteiger partial charge in [-0.05, 0) is 56.2 Å². The lowest BCUT2D eigenvalue weighted by Gasteiger charge is -2.20. The van der Waals surface area contributed by atoms with E-state index in [0.29, 0.717) is 17.5 Å². The quantitative estimate of drug-likeness (QED) is 0.435. The van der Waals surface area contributed by atoms with E-state index in [2.05, 4.69) is 0 Å². The van der Waals surface area contributed by atoms with Crippen LogP contribution in [0.25, 0.3) is 0 Å². The number of nitrogens with zero attached hydrogens (tertiary/aromatic N) is 1. The molecule has 0 atom stereocenters. The predicted octanol–water partition coefficient (Wildman–Crippen LogP) is 5.24. The zero-order chi connectivity index (χ0) is 21.5. The Morgan fingerprint density at radius 3 is 2.50 bits per heavy atom. The molecular weight excluding hydrogens is 402 g/mol. The Balaban J connectivity index is 1.74. The number of ether oxygens (including phenoxy) is 1. The topological polar surface area (TPSA) is 72.9 Å². The van der Waals surface area contributed by atoms with Crippen molar-refractivity contribution in [3.05, 3.63) is 71.4 Å². The fourth-order valence-corrected chi connectivity index (χ4v) is 3.94. The molecule has 1 amide bonds. The number of furan rings is 2. The van der Waals surface area contributed by atoms with Crippen LogP contribution in [0.2, 0.25) is 0 Å². The largest absolute Gasteiger partial charge is 0.467 e. The molecule has 1 aromatic carbocycles. The zero-order valence-electron chi connectivity index (χ0n) is 17.3. The maximum Gasteiger partial charge on any atom is 0.307 e. The molecule has 2 heterocycles. The summed E-state index contributed by atoms with van der Waals surface area (Å²) in [5.41, 5.74) is 2.30. The molecule has 3 rings (SSSR count). The van der Waals surface area contributed by atoms with Gasteiger partial charge in [0.05, 0.1) is 25.8 Å². The van der Waals surface area contributed by atoms with Crippen molar-refractivity contribution < 1.29 is 23.2 Å². The standard InChI is InChI=1S/C23H25NO5S/c1-4-27-20(25)12-13-24(15-18-9-6-14-28-18)23(26)19-10-11-21(29-19)30-22-16(2)7-5-8-17(22)3/h5-11,14H,4,12-13,15H2,1-3H3. The van der Waals surface area contributed by atoms with Crippen LogP contribution in [0.15, 0.2) is 67.5 Å². The fraction of sp³-hybridized carbons (Fsp3) is 0.304. The van der Waals surface area contributed by atoms with E-state index >= 15 is 0 Å². The number of amides is 1. The van der Waals surface area contributed by atoms with E-state index in [0.717, 1.165) is 16.0 Å². The van der Waals surface area contributed by atoms with Gasteiger partial charge in [-0.25, -0.2) is 0 Å². The van der Waals surface area contributed by atoms with Crippen molar-refractivity contribution in [1.82, 2.24) is 4.90 Å². The first-order chi connectivity index (χ1) is 14.5. The second-order valence-electron chi connectivity index (χ2n) is 6.80. The van der Waals surface area contributed by atoms with Crippen molar-refractivity contribution in [2.45, 2.75) is 43.7 Å². The lowest BCUT2D eigenvalue weighted by atomic mass is 10.2. The van der Waals surface area contributed by atoms with E-state index < -0.39 is 0 Å². The Bertz CT molecular complexity index is 973. The van der Waals surface area contributed by atoms with Gasteiger partial charge in [0.1, 0.15) is 5.76 Å². The molecule has 0 aliphatic rings. The molecular formula is C23H25NO5S. The third-order valence-corrected chi connectivity index (χ3v) is 5.78. The highest BCUT2D eigenvalue weighted by Crippen LogP contribution is 2.34. The third kappa shape index (κ3) is 5.57. The molecule has 0 radical (unpaired) electrons. The van der Waals surface area contributed by atoms with Crippen LogP contribution in [0.4, 0.5) is 0 Å². The van der Waals surface area contributed by atoms with Gasteiger partial charge in [0.2, 0.25) is 0 Å². The molecule has 0 aliphatic carbocycles. The van der Waals surface area contributed by atoms with E-state index in [9.17, 15) is 9.59 Å². The highest BCUT2D eigenvalue weighted by atomic mass is 32.2. The van der Waals surface area contributed by atoms with E-state index in [1.54, 1.807) is 37.5 Å². The monoisotopic (exact) mass is 427 g/mol. The van der Waals surface area contributed by atoms with E-state index in [-0.39, 0.29) is 37.1 Å². The first-order valence-electron chi connectivity index (χ1n) is 9.79. The van der Waals surface area contributed by atoms with Crippen LogP contribution in [0, 0.1) is 13.8 Å². The second kappa shape index (κ2) is 10.2. The van der Waals surface area contributed by atoms with Crippen LogP contribution >= 0.6 is 11.8 Å². The first-order valence-corrected chi connectivity index (χ1v) is 10.6. The number of rotatable bonds is 9. The molecule has 0 saturated heterocycles.